The summed E-state index contributed by atoms with van der Waals surface area (Å²) in [6, 6.07) is 8.54. The molecule has 0 spiro atoms. The molecule has 1 aromatic heterocycles. The van der Waals surface area contributed by atoms with Crippen molar-refractivity contribution < 1.29 is 9.59 Å². The van der Waals surface area contributed by atoms with Crippen LogP contribution in [0, 0.1) is 0 Å². The van der Waals surface area contributed by atoms with Crippen molar-refractivity contribution in [3.8, 4) is 0 Å². The molecule has 1 unspecified atom stereocenters. The first-order valence-electron chi connectivity index (χ1n) is 7.26. The summed E-state index contributed by atoms with van der Waals surface area (Å²) in [7, 11) is 0. The van der Waals surface area contributed by atoms with Gasteiger partial charge in [0.2, 0.25) is 11.0 Å². The quantitative estimate of drug-likeness (QED) is 0.917. The van der Waals surface area contributed by atoms with E-state index in [9.17, 15) is 9.59 Å². The summed E-state index contributed by atoms with van der Waals surface area (Å²) in [6.45, 7) is 1.99. The van der Waals surface area contributed by atoms with Gasteiger partial charge in [0, 0.05) is 11.3 Å². The standard InChI is InChI=1S/C15H16N4O2S2/c1-2-12-17-18-15(23-12)16-13(20)11-8-22-9-19(11)14(21)10-6-4-3-5-7-10/h3-7,11H,2,8-9H2,1H3,(H,16,18,20). The van der Waals surface area contributed by atoms with Crippen molar-refractivity contribution in [1.82, 2.24) is 15.1 Å². The minimum Gasteiger partial charge on any atom is -0.316 e. The molecule has 23 heavy (non-hydrogen) atoms. The molecule has 2 aromatic rings. The first kappa shape index (κ1) is 15.9. The smallest absolute Gasteiger partial charge is 0.255 e. The average molecular weight is 348 g/mol. The topological polar surface area (TPSA) is 75.2 Å². The summed E-state index contributed by atoms with van der Waals surface area (Å²) in [5.41, 5.74) is 0.594. The van der Waals surface area contributed by atoms with Crippen LogP contribution >= 0.6 is 23.1 Å². The van der Waals surface area contributed by atoms with Crippen LogP contribution in [0.2, 0.25) is 0 Å². The molecule has 1 atom stereocenters. The van der Waals surface area contributed by atoms with E-state index in [4.69, 9.17) is 0 Å². The highest BCUT2D eigenvalue weighted by Gasteiger charge is 2.35. The summed E-state index contributed by atoms with van der Waals surface area (Å²) >= 11 is 2.94. The number of nitrogens with zero attached hydrogens (tertiary/aromatic N) is 3. The lowest BCUT2D eigenvalue weighted by molar-refractivity contribution is -0.119. The Balaban J connectivity index is 1.70. The lowest BCUT2D eigenvalue weighted by Gasteiger charge is -2.22. The van der Waals surface area contributed by atoms with Gasteiger partial charge in [0.15, 0.2) is 0 Å². The van der Waals surface area contributed by atoms with Crippen LogP contribution in [0.1, 0.15) is 22.3 Å². The minimum absolute atomic E-state index is 0.123. The van der Waals surface area contributed by atoms with E-state index in [0.29, 0.717) is 22.3 Å². The summed E-state index contributed by atoms with van der Waals surface area (Å²) in [4.78, 5) is 26.7. The zero-order chi connectivity index (χ0) is 16.2. The van der Waals surface area contributed by atoms with E-state index in [0.717, 1.165) is 11.4 Å². The molecule has 1 saturated heterocycles. The highest BCUT2D eigenvalue weighted by Crippen LogP contribution is 2.25. The number of aryl methyl sites for hydroxylation is 1. The predicted octanol–water partition coefficient (Wildman–Crippen LogP) is 2.25. The molecule has 6 nitrogen and oxygen atoms in total. The second kappa shape index (κ2) is 7.10. The number of anilines is 1. The number of amides is 2. The SMILES string of the molecule is CCc1nnc(NC(=O)C2CSCN2C(=O)c2ccccc2)s1. The van der Waals surface area contributed by atoms with Crippen LogP contribution < -0.4 is 5.32 Å². The van der Waals surface area contributed by atoms with E-state index >= 15 is 0 Å². The molecule has 2 amide bonds. The van der Waals surface area contributed by atoms with E-state index in [1.54, 1.807) is 28.8 Å². The maximum Gasteiger partial charge on any atom is 0.255 e. The molecular formula is C15H16N4O2S2. The molecule has 1 fully saturated rings. The van der Waals surface area contributed by atoms with Crippen LogP contribution in [-0.2, 0) is 11.2 Å². The van der Waals surface area contributed by atoms with Crippen molar-refractivity contribution in [2.75, 3.05) is 16.9 Å². The maximum atomic E-state index is 12.6. The lowest BCUT2D eigenvalue weighted by Crippen LogP contribution is -2.44. The van der Waals surface area contributed by atoms with Crippen molar-refractivity contribution in [1.29, 1.82) is 0 Å². The minimum atomic E-state index is -0.485. The third kappa shape index (κ3) is 3.53. The van der Waals surface area contributed by atoms with Crippen molar-refractivity contribution in [3.63, 3.8) is 0 Å². The van der Waals surface area contributed by atoms with Gasteiger partial charge in [-0.3, -0.25) is 14.9 Å². The summed E-state index contributed by atoms with van der Waals surface area (Å²) < 4.78 is 0. The van der Waals surface area contributed by atoms with Gasteiger partial charge in [0.05, 0.1) is 5.88 Å². The van der Waals surface area contributed by atoms with Crippen LogP contribution in [0.5, 0.6) is 0 Å². The number of nitrogens with one attached hydrogen (secondary N) is 1. The molecule has 0 saturated carbocycles. The summed E-state index contributed by atoms with van der Waals surface area (Å²) in [6.07, 6.45) is 0.783. The van der Waals surface area contributed by atoms with Gasteiger partial charge >= 0.3 is 0 Å². The first-order valence-corrected chi connectivity index (χ1v) is 9.23. The third-order valence-corrected chi connectivity index (χ3v) is 5.46. The Labute approximate surface area is 142 Å². The monoisotopic (exact) mass is 348 g/mol. The Bertz CT molecular complexity index is 705. The number of hydrogen-bond acceptors (Lipinski definition) is 6. The molecule has 2 heterocycles. The Morgan fingerprint density at radius 1 is 1.30 bits per heavy atom. The van der Waals surface area contributed by atoms with Crippen molar-refractivity contribution in [2.24, 2.45) is 0 Å². The molecule has 0 radical (unpaired) electrons. The fraction of sp³-hybridized carbons (Fsp3) is 0.333. The van der Waals surface area contributed by atoms with E-state index in [-0.39, 0.29) is 11.8 Å². The molecule has 1 aromatic carbocycles. The Kier molecular flexibility index (Phi) is 4.92. The van der Waals surface area contributed by atoms with E-state index in [1.807, 2.05) is 25.1 Å². The average Bonchev–Trinajstić information content (AvgIpc) is 3.24. The third-order valence-electron chi connectivity index (χ3n) is 3.47. The molecule has 8 heteroatoms. The van der Waals surface area contributed by atoms with Crippen LogP contribution in [-0.4, -0.2) is 44.6 Å². The Morgan fingerprint density at radius 3 is 2.78 bits per heavy atom. The number of carbonyl (C=O) groups is 2. The first-order chi connectivity index (χ1) is 11.2. The second-order valence-electron chi connectivity index (χ2n) is 5.00. The van der Waals surface area contributed by atoms with Gasteiger partial charge in [0.1, 0.15) is 11.0 Å². The predicted molar refractivity (Wildman–Crippen MR) is 91.6 cm³/mol. The van der Waals surface area contributed by atoms with Crippen molar-refractivity contribution in [2.45, 2.75) is 19.4 Å². The highest BCUT2D eigenvalue weighted by molar-refractivity contribution is 7.99. The Hall–Kier alpha value is -1.93. The highest BCUT2D eigenvalue weighted by atomic mass is 32.2. The molecule has 0 aliphatic carbocycles. The van der Waals surface area contributed by atoms with Gasteiger partial charge in [0.25, 0.3) is 5.91 Å². The maximum absolute atomic E-state index is 12.6. The van der Waals surface area contributed by atoms with Gasteiger partial charge in [-0.05, 0) is 18.6 Å². The molecule has 0 bridgehead atoms. The van der Waals surface area contributed by atoms with E-state index in [1.165, 1.54) is 11.3 Å². The lowest BCUT2D eigenvalue weighted by atomic mass is 10.1. The number of thioether (sulfide) groups is 1. The van der Waals surface area contributed by atoms with E-state index in [2.05, 4.69) is 15.5 Å². The number of aromatic nitrogens is 2. The van der Waals surface area contributed by atoms with Gasteiger partial charge in [-0.1, -0.05) is 36.5 Å². The zero-order valence-corrected chi connectivity index (χ0v) is 14.2. The van der Waals surface area contributed by atoms with Crippen LogP contribution in [0.15, 0.2) is 30.3 Å². The Morgan fingerprint density at radius 2 is 2.09 bits per heavy atom. The number of benzene rings is 1. The van der Waals surface area contributed by atoms with Crippen LogP contribution in [0.25, 0.3) is 0 Å². The van der Waals surface area contributed by atoms with Crippen LogP contribution in [0.3, 0.4) is 0 Å². The number of carbonyl (C=O) groups excluding carboxylic acids is 2. The molecule has 1 N–H and O–H groups in total. The fourth-order valence-electron chi connectivity index (χ4n) is 2.24. The van der Waals surface area contributed by atoms with Crippen molar-refractivity contribution >= 4 is 40.0 Å². The zero-order valence-electron chi connectivity index (χ0n) is 12.6. The molecule has 1 aliphatic rings. The van der Waals surface area contributed by atoms with Crippen molar-refractivity contribution in [3.05, 3.63) is 40.9 Å². The summed E-state index contributed by atoms with van der Waals surface area (Å²) in [5.74, 6) is 0.770. The summed E-state index contributed by atoms with van der Waals surface area (Å²) in [5, 5.41) is 12.1. The molecule has 3 rings (SSSR count). The number of hydrogen-bond donors (Lipinski definition) is 1. The van der Waals surface area contributed by atoms with Gasteiger partial charge in [-0.15, -0.1) is 22.0 Å². The van der Waals surface area contributed by atoms with Gasteiger partial charge in [-0.2, -0.15) is 0 Å². The normalized spacial score (nSPS) is 17.3. The largest absolute Gasteiger partial charge is 0.316 e. The van der Waals surface area contributed by atoms with E-state index < -0.39 is 6.04 Å². The van der Waals surface area contributed by atoms with Gasteiger partial charge in [-0.25, -0.2) is 0 Å². The second-order valence-corrected chi connectivity index (χ2v) is 7.06. The fourth-order valence-corrected chi connectivity index (χ4v) is 4.08. The van der Waals surface area contributed by atoms with Gasteiger partial charge < -0.3 is 4.90 Å². The molecular weight excluding hydrogens is 332 g/mol. The molecule has 1 aliphatic heterocycles. The molecule has 120 valence electrons. The number of rotatable bonds is 4. The van der Waals surface area contributed by atoms with Crippen LogP contribution in [0.4, 0.5) is 5.13 Å².